The zero-order valence-electron chi connectivity index (χ0n) is 16.0. The maximum atomic E-state index is 9.71. The molecule has 3 aromatic rings. The van der Waals surface area contributed by atoms with E-state index < -0.39 is 0 Å². The molecular formula is C23H25N3O. The Labute approximate surface area is 160 Å². The molecule has 0 atom stereocenters. The lowest BCUT2D eigenvalue weighted by atomic mass is 10.1. The lowest BCUT2D eigenvalue weighted by molar-refractivity contribution is 0.306. The number of benzene rings is 2. The first kappa shape index (κ1) is 18.7. The number of aryl methyl sites for hydroxylation is 1. The molecule has 1 heterocycles. The summed E-state index contributed by atoms with van der Waals surface area (Å²) in [4.78, 5) is 4.67. The second kappa shape index (κ2) is 9.05. The zero-order valence-corrected chi connectivity index (χ0v) is 16.0. The summed E-state index contributed by atoms with van der Waals surface area (Å²) in [7, 11) is 0. The molecule has 1 aromatic heterocycles. The fraction of sp³-hybridized carbons (Fsp3) is 0.304. The summed E-state index contributed by atoms with van der Waals surface area (Å²) in [5.41, 5.74) is 3.48. The molecule has 0 aliphatic rings. The van der Waals surface area contributed by atoms with Gasteiger partial charge in [0.25, 0.3) is 0 Å². The first-order valence-electron chi connectivity index (χ1n) is 9.57. The molecule has 0 N–H and O–H groups in total. The molecule has 2 aromatic carbocycles. The average molecular weight is 359 g/mol. The molecule has 0 saturated heterocycles. The highest BCUT2D eigenvalue weighted by atomic mass is 16.5. The number of aromatic nitrogens is 2. The van der Waals surface area contributed by atoms with Crippen LogP contribution in [0.5, 0.6) is 5.75 Å². The second-order valence-electron chi connectivity index (χ2n) is 6.46. The van der Waals surface area contributed by atoms with Crippen molar-refractivity contribution in [3.8, 4) is 11.8 Å². The van der Waals surface area contributed by atoms with Gasteiger partial charge in [-0.1, -0.05) is 44.0 Å². The van der Waals surface area contributed by atoms with E-state index in [1.54, 1.807) is 0 Å². The predicted molar refractivity (Wildman–Crippen MR) is 110 cm³/mol. The van der Waals surface area contributed by atoms with Gasteiger partial charge in [-0.2, -0.15) is 5.26 Å². The van der Waals surface area contributed by atoms with E-state index in [1.807, 2.05) is 54.6 Å². The third kappa shape index (κ3) is 4.38. The highest BCUT2D eigenvalue weighted by Gasteiger charge is 2.13. The van der Waals surface area contributed by atoms with E-state index in [-0.39, 0.29) is 0 Å². The number of ether oxygens (including phenoxy) is 1. The van der Waals surface area contributed by atoms with E-state index in [0.29, 0.717) is 11.4 Å². The van der Waals surface area contributed by atoms with Crippen molar-refractivity contribution in [1.82, 2.24) is 9.55 Å². The normalized spacial score (nSPS) is 11.5. The first-order valence-corrected chi connectivity index (χ1v) is 9.57. The largest absolute Gasteiger partial charge is 0.494 e. The highest BCUT2D eigenvalue weighted by molar-refractivity contribution is 5.90. The Kier molecular flexibility index (Phi) is 6.27. The molecule has 0 amide bonds. The van der Waals surface area contributed by atoms with Crippen molar-refractivity contribution in [3.05, 3.63) is 59.9 Å². The molecule has 4 nitrogen and oxygen atoms in total. The molecule has 27 heavy (non-hydrogen) atoms. The van der Waals surface area contributed by atoms with E-state index in [2.05, 4.69) is 29.5 Å². The SMILES string of the molecule is CCCCCOc1ccc(/C=C(/C#N)c2nc3ccccc3n2CC)cc1. The fourth-order valence-electron chi connectivity index (χ4n) is 3.12. The Hall–Kier alpha value is -3.06. The highest BCUT2D eigenvalue weighted by Crippen LogP contribution is 2.24. The predicted octanol–water partition coefficient (Wildman–Crippen LogP) is 5.69. The topological polar surface area (TPSA) is 50.8 Å². The van der Waals surface area contributed by atoms with Crippen molar-refractivity contribution >= 4 is 22.7 Å². The van der Waals surface area contributed by atoms with Crippen molar-refractivity contribution in [3.63, 3.8) is 0 Å². The molecule has 0 aliphatic carbocycles. The maximum absolute atomic E-state index is 9.71. The van der Waals surface area contributed by atoms with Crippen LogP contribution in [0.1, 0.15) is 44.5 Å². The number of hydrogen-bond acceptors (Lipinski definition) is 3. The van der Waals surface area contributed by atoms with E-state index in [1.165, 1.54) is 12.8 Å². The monoisotopic (exact) mass is 359 g/mol. The summed E-state index contributed by atoms with van der Waals surface area (Å²) >= 11 is 0. The Morgan fingerprint density at radius 2 is 1.89 bits per heavy atom. The summed E-state index contributed by atoms with van der Waals surface area (Å²) in [6.07, 6.45) is 5.33. The molecule has 0 bridgehead atoms. The van der Waals surface area contributed by atoms with Gasteiger partial charge in [-0.25, -0.2) is 4.98 Å². The van der Waals surface area contributed by atoms with Crippen LogP contribution in [0.3, 0.4) is 0 Å². The van der Waals surface area contributed by atoms with Crippen LogP contribution in [-0.2, 0) is 6.54 Å². The van der Waals surface area contributed by atoms with E-state index in [0.717, 1.165) is 41.9 Å². The number of unbranched alkanes of at least 4 members (excludes halogenated alkanes) is 2. The van der Waals surface area contributed by atoms with Crippen molar-refractivity contribution < 1.29 is 4.74 Å². The van der Waals surface area contributed by atoms with Crippen molar-refractivity contribution in [2.75, 3.05) is 6.61 Å². The quantitative estimate of drug-likeness (QED) is 0.383. The summed E-state index contributed by atoms with van der Waals surface area (Å²) in [6.45, 7) is 5.75. The number of fused-ring (bicyclic) bond motifs is 1. The summed E-state index contributed by atoms with van der Waals surface area (Å²) in [5, 5.41) is 9.71. The van der Waals surface area contributed by atoms with Crippen molar-refractivity contribution in [2.24, 2.45) is 0 Å². The Bertz CT molecular complexity index is 961. The van der Waals surface area contributed by atoms with Gasteiger partial charge < -0.3 is 9.30 Å². The van der Waals surface area contributed by atoms with Crippen LogP contribution >= 0.6 is 0 Å². The van der Waals surface area contributed by atoms with Crippen LogP contribution in [-0.4, -0.2) is 16.2 Å². The molecule has 138 valence electrons. The molecule has 0 fully saturated rings. The van der Waals surface area contributed by atoms with Gasteiger partial charge in [0.2, 0.25) is 0 Å². The fourth-order valence-corrected chi connectivity index (χ4v) is 3.12. The Balaban J connectivity index is 1.84. The van der Waals surface area contributed by atoms with Gasteiger partial charge in [-0.3, -0.25) is 0 Å². The molecular weight excluding hydrogens is 334 g/mol. The summed E-state index contributed by atoms with van der Waals surface area (Å²) in [5.74, 6) is 1.57. The number of imidazole rings is 1. The molecule has 4 heteroatoms. The lowest BCUT2D eigenvalue weighted by Gasteiger charge is -2.07. The number of nitriles is 1. The molecule has 0 radical (unpaired) electrons. The maximum Gasteiger partial charge on any atom is 0.151 e. The van der Waals surface area contributed by atoms with E-state index in [4.69, 9.17) is 4.74 Å². The molecule has 3 rings (SSSR count). The molecule has 0 saturated carbocycles. The number of hydrogen-bond donors (Lipinski definition) is 0. The minimum absolute atomic E-state index is 0.560. The first-order chi connectivity index (χ1) is 13.3. The van der Waals surface area contributed by atoms with Crippen LogP contribution in [0, 0.1) is 11.3 Å². The number of nitrogens with zero attached hydrogens (tertiary/aromatic N) is 3. The minimum Gasteiger partial charge on any atom is -0.494 e. The van der Waals surface area contributed by atoms with Crippen LogP contribution in [0.4, 0.5) is 0 Å². The number of para-hydroxylation sites is 2. The van der Waals surface area contributed by atoms with Gasteiger partial charge in [0.05, 0.1) is 23.2 Å². The zero-order chi connectivity index (χ0) is 19.1. The average Bonchev–Trinajstić information content (AvgIpc) is 3.09. The summed E-state index contributed by atoms with van der Waals surface area (Å²) in [6, 6.07) is 18.2. The van der Waals surface area contributed by atoms with Crippen LogP contribution < -0.4 is 4.74 Å². The van der Waals surface area contributed by atoms with E-state index in [9.17, 15) is 5.26 Å². The summed E-state index contributed by atoms with van der Waals surface area (Å²) < 4.78 is 7.83. The van der Waals surface area contributed by atoms with Gasteiger partial charge in [0, 0.05) is 6.54 Å². The van der Waals surface area contributed by atoms with Crippen LogP contribution in [0.2, 0.25) is 0 Å². The smallest absolute Gasteiger partial charge is 0.151 e. The molecule has 0 spiro atoms. The van der Waals surface area contributed by atoms with Gasteiger partial charge in [-0.15, -0.1) is 0 Å². The van der Waals surface area contributed by atoms with Gasteiger partial charge >= 0.3 is 0 Å². The Morgan fingerprint density at radius 1 is 1.11 bits per heavy atom. The lowest BCUT2D eigenvalue weighted by Crippen LogP contribution is -2.00. The standard InChI is InChI=1S/C23H25N3O/c1-3-5-8-15-27-20-13-11-18(12-14-20)16-19(17-24)23-25-21-9-6-7-10-22(21)26(23)4-2/h6-7,9-14,16H,3-5,8,15H2,1-2H3/b19-16-. The van der Waals surface area contributed by atoms with Crippen LogP contribution in [0.15, 0.2) is 48.5 Å². The van der Waals surface area contributed by atoms with Gasteiger partial charge in [-0.05, 0) is 49.2 Å². The van der Waals surface area contributed by atoms with Crippen molar-refractivity contribution in [1.29, 1.82) is 5.26 Å². The third-order valence-corrected chi connectivity index (χ3v) is 4.54. The second-order valence-corrected chi connectivity index (χ2v) is 6.46. The van der Waals surface area contributed by atoms with Gasteiger partial charge in [0.1, 0.15) is 11.8 Å². The van der Waals surface area contributed by atoms with Gasteiger partial charge in [0.15, 0.2) is 5.82 Å². The molecule has 0 unspecified atom stereocenters. The third-order valence-electron chi connectivity index (χ3n) is 4.54. The van der Waals surface area contributed by atoms with E-state index >= 15 is 0 Å². The van der Waals surface area contributed by atoms with Crippen LogP contribution in [0.25, 0.3) is 22.7 Å². The number of rotatable bonds is 8. The number of allylic oxidation sites excluding steroid dienone is 1. The minimum atomic E-state index is 0.560. The Morgan fingerprint density at radius 3 is 2.59 bits per heavy atom. The van der Waals surface area contributed by atoms with Crippen molar-refractivity contribution in [2.45, 2.75) is 39.7 Å². The molecule has 0 aliphatic heterocycles.